The lowest BCUT2D eigenvalue weighted by Crippen LogP contribution is -2.12. The van der Waals surface area contributed by atoms with Crippen LogP contribution >= 0.6 is 47.8 Å². The summed E-state index contributed by atoms with van der Waals surface area (Å²) in [6.45, 7) is 2.80. The molecular formula is C16H16Br3NO. The van der Waals surface area contributed by atoms with E-state index in [-0.39, 0.29) is 6.04 Å². The van der Waals surface area contributed by atoms with E-state index in [9.17, 15) is 0 Å². The number of halogens is 3. The molecule has 112 valence electrons. The monoisotopic (exact) mass is 475 g/mol. The Balaban J connectivity index is 2.26. The van der Waals surface area contributed by atoms with Crippen molar-refractivity contribution in [3.8, 4) is 5.75 Å². The van der Waals surface area contributed by atoms with Gasteiger partial charge in [0.25, 0.3) is 0 Å². The van der Waals surface area contributed by atoms with E-state index in [1.807, 2.05) is 36.4 Å². The van der Waals surface area contributed by atoms with Gasteiger partial charge in [-0.3, -0.25) is 0 Å². The average molecular weight is 478 g/mol. The van der Waals surface area contributed by atoms with Crippen LogP contribution in [0.15, 0.2) is 49.8 Å². The van der Waals surface area contributed by atoms with Crippen molar-refractivity contribution in [2.75, 3.05) is 6.61 Å². The molecule has 0 spiro atoms. The quantitative estimate of drug-likeness (QED) is 0.589. The standard InChI is InChI=1S/C16H16Br3NO/c1-2-5-21-15-4-3-10(8-14(15)19)16(20)11-6-12(17)9-13(18)7-11/h3-4,6-9,16H,2,5,20H2,1H3. The van der Waals surface area contributed by atoms with Crippen LogP contribution in [0.25, 0.3) is 0 Å². The van der Waals surface area contributed by atoms with Gasteiger partial charge in [-0.25, -0.2) is 0 Å². The van der Waals surface area contributed by atoms with Crippen LogP contribution in [0.2, 0.25) is 0 Å². The van der Waals surface area contributed by atoms with Crippen molar-refractivity contribution < 1.29 is 4.74 Å². The number of ether oxygens (including phenoxy) is 1. The van der Waals surface area contributed by atoms with Crippen LogP contribution in [-0.4, -0.2) is 6.61 Å². The highest BCUT2D eigenvalue weighted by Gasteiger charge is 2.12. The van der Waals surface area contributed by atoms with Crippen molar-refractivity contribution in [3.05, 3.63) is 60.9 Å². The molecule has 0 aliphatic heterocycles. The highest BCUT2D eigenvalue weighted by atomic mass is 79.9. The Labute approximate surface area is 150 Å². The Morgan fingerprint density at radius 1 is 1.00 bits per heavy atom. The highest BCUT2D eigenvalue weighted by molar-refractivity contribution is 9.11. The molecule has 2 nitrogen and oxygen atoms in total. The zero-order chi connectivity index (χ0) is 15.4. The van der Waals surface area contributed by atoms with E-state index in [0.29, 0.717) is 6.61 Å². The van der Waals surface area contributed by atoms with E-state index < -0.39 is 0 Å². The molecule has 2 N–H and O–H groups in total. The smallest absolute Gasteiger partial charge is 0.133 e. The molecule has 2 rings (SSSR count). The summed E-state index contributed by atoms with van der Waals surface area (Å²) in [5, 5.41) is 0. The number of benzene rings is 2. The van der Waals surface area contributed by atoms with E-state index in [2.05, 4.69) is 54.7 Å². The van der Waals surface area contributed by atoms with Gasteiger partial charge in [0.1, 0.15) is 5.75 Å². The molecule has 1 unspecified atom stereocenters. The second-order valence-corrected chi connectivity index (χ2v) is 7.40. The molecule has 2 aromatic carbocycles. The van der Waals surface area contributed by atoms with Crippen LogP contribution in [-0.2, 0) is 0 Å². The first-order chi connectivity index (χ1) is 10.0. The molecule has 21 heavy (non-hydrogen) atoms. The third-order valence-corrected chi connectivity index (χ3v) is 4.56. The minimum absolute atomic E-state index is 0.185. The van der Waals surface area contributed by atoms with Crippen molar-refractivity contribution in [1.82, 2.24) is 0 Å². The molecule has 0 radical (unpaired) electrons. The van der Waals surface area contributed by atoms with Gasteiger partial charge in [-0.1, -0.05) is 44.8 Å². The van der Waals surface area contributed by atoms with Gasteiger partial charge in [-0.15, -0.1) is 0 Å². The van der Waals surface area contributed by atoms with E-state index in [1.165, 1.54) is 0 Å². The normalized spacial score (nSPS) is 12.2. The molecule has 0 saturated heterocycles. The van der Waals surface area contributed by atoms with Crippen LogP contribution in [0.5, 0.6) is 5.75 Å². The number of nitrogens with two attached hydrogens (primary N) is 1. The fourth-order valence-corrected chi connectivity index (χ4v) is 3.83. The molecule has 0 aromatic heterocycles. The van der Waals surface area contributed by atoms with E-state index >= 15 is 0 Å². The Hall–Kier alpha value is -0.360. The first-order valence-corrected chi connectivity index (χ1v) is 9.03. The summed E-state index contributed by atoms with van der Waals surface area (Å²) < 4.78 is 8.60. The summed E-state index contributed by atoms with van der Waals surface area (Å²) in [6.07, 6.45) is 0.986. The van der Waals surface area contributed by atoms with E-state index in [1.54, 1.807) is 0 Å². The summed E-state index contributed by atoms with van der Waals surface area (Å²) in [5.41, 5.74) is 8.45. The lowest BCUT2D eigenvalue weighted by molar-refractivity contribution is 0.315. The van der Waals surface area contributed by atoms with Gasteiger partial charge in [-0.05, 0) is 63.8 Å². The van der Waals surface area contributed by atoms with Crippen LogP contribution in [0.3, 0.4) is 0 Å². The van der Waals surface area contributed by atoms with Crippen LogP contribution in [0.1, 0.15) is 30.5 Å². The first kappa shape index (κ1) is 17.0. The number of rotatable bonds is 5. The average Bonchev–Trinajstić information content (AvgIpc) is 2.44. The van der Waals surface area contributed by atoms with Crippen LogP contribution < -0.4 is 10.5 Å². The third-order valence-electron chi connectivity index (χ3n) is 3.02. The maximum absolute atomic E-state index is 6.37. The van der Waals surface area contributed by atoms with Gasteiger partial charge in [0, 0.05) is 8.95 Å². The van der Waals surface area contributed by atoms with Gasteiger partial charge >= 0.3 is 0 Å². The molecule has 2 aromatic rings. The third kappa shape index (κ3) is 4.55. The van der Waals surface area contributed by atoms with Gasteiger partial charge in [0.05, 0.1) is 17.1 Å². The summed E-state index contributed by atoms with van der Waals surface area (Å²) >= 11 is 10.5. The van der Waals surface area contributed by atoms with Crippen molar-refractivity contribution in [1.29, 1.82) is 0 Å². The zero-order valence-corrected chi connectivity index (χ0v) is 16.3. The lowest BCUT2D eigenvalue weighted by atomic mass is 10.00. The van der Waals surface area contributed by atoms with Crippen LogP contribution in [0.4, 0.5) is 0 Å². The first-order valence-electron chi connectivity index (χ1n) is 6.65. The maximum Gasteiger partial charge on any atom is 0.133 e. The Bertz CT molecular complexity index is 611. The SMILES string of the molecule is CCCOc1ccc(C(N)c2cc(Br)cc(Br)c2)cc1Br. The summed E-state index contributed by atoms with van der Waals surface area (Å²) in [6, 6.07) is 11.9. The summed E-state index contributed by atoms with van der Waals surface area (Å²) in [7, 11) is 0. The van der Waals surface area contributed by atoms with Gasteiger partial charge in [-0.2, -0.15) is 0 Å². The predicted octanol–water partition coefficient (Wildman–Crippen LogP) is 5.81. The largest absolute Gasteiger partial charge is 0.492 e. The summed E-state index contributed by atoms with van der Waals surface area (Å²) in [5.74, 6) is 0.850. The van der Waals surface area contributed by atoms with Crippen molar-refractivity contribution in [2.45, 2.75) is 19.4 Å². The van der Waals surface area contributed by atoms with Gasteiger partial charge in [0.15, 0.2) is 0 Å². The molecule has 0 bridgehead atoms. The maximum atomic E-state index is 6.37. The van der Waals surface area contributed by atoms with E-state index in [0.717, 1.165) is 36.7 Å². The lowest BCUT2D eigenvalue weighted by Gasteiger charge is -2.15. The number of hydrogen-bond donors (Lipinski definition) is 1. The zero-order valence-electron chi connectivity index (χ0n) is 11.6. The minimum Gasteiger partial charge on any atom is -0.492 e. The van der Waals surface area contributed by atoms with Crippen molar-refractivity contribution >= 4 is 47.8 Å². The second kappa shape index (κ2) is 7.77. The molecular weight excluding hydrogens is 462 g/mol. The fourth-order valence-electron chi connectivity index (χ4n) is 1.99. The molecule has 0 aliphatic rings. The molecule has 0 heterocycles. The second-order valence-electron chi connectivity index (χ2n) is 4.72. The topological polar surface area (TPSA) is 35.2 Å². The van der Waals surface area contributed by atoms with E-state index in [4.69, 9.17) is 10.5 Å². The van der Waals surface area contributed by atoms with Gasteiger partial charge in [0.2, 0.25) is 0 Å². The van der Waals surface area contributed by atoms with Gasteiger partial charge < -0.3 is 10.5 Å². The molecule has 0 aliphatic carbocycles. The summed E-state index contributed by atoms with van der Waals surface area (Å²) in [4.78, 5) is 0. The minimum atomic E-state index is -0.185. The molecule has 0 saturated carbocycles. The molecule has 0 fully saturated rings. The predicted molar refractivity (Wildman–Crippen MR) is 97.8 cm³/mol. The van der Waals surface area contributed by atoms with Crippen molar-refractivity contribution in [2.24, 2.45) is 5.73 Å². The van der Waals surface area contributed by atoms with Crippen LogP contribution in [0, 0.1) is 0 Å². The molecule has 0 amide bonds. The molecule has 1 atom stereocenters. The fraction of sp³-hybridized carbons (Fsp3) is 0.250. The Kier molecular flexibility index (Phi) is 6.29. The number of hydrogen-bond acceptors (Lipinski definition) is 2. The van der Waals surface area contributed by atoms with Crippen molar-refractivity contribution in [3.63, 3.8) is 0 Å². The Morgan fingerprint density at radius 3 is 2.24 bits per heavy atom. The highest BCUT2D eigenvalue weighted by Crippen LogP contribution is 2.31. The Morgan fingerprint density at radius 2 is 1.67 bits per heavy atom. The molecule has 5 heteroatoms.